The van der Waals surface area contributed by atoms with E-state index in [0.717, 1.165) is 11.1 Å². The standard InChI is InChI=1S/C15H13ClF2O/c1-19-15(16)14(10-2-6-12(17)7-3-10)11-4-8-13(18)9-5-11/h2-9,14-15H,1H3. The lowest BCUT2D eigenvalue weighted by Crippen LogP contribution is -2.16. The minimum Gasteiger partial charge on any atom is -0.365 e. The summed E-state index contributed by atoms with van der Waals surface area (Å²) in [5, 5.41) is 0. The summed E-state index contributed by atoms with van der Waals surface area (Å²) in [6.45, 7) is 0. The van der Waals surface area contributed by atoms with Crippen molar-refractivity contribution in [3.05, 3.63) is 71.3 Å². The van der Waals surface area contributed by atoms with E-state index in [9.17, 15) is 8.78 Å². The average molecular weight is 283 g/mol. The van der Waals surface area contributed by atoms with E-state index in [-0.39, 0.29) is 17.6 Å². The lowest BCUT2D eigenvalue weighted by Gasteiger charge is -2.22. The summed E-state index contributed by atoms with van der Waals surface area (Å²) in [6.07, 6.45) is 0. The van der Waals surface area contributed by atoms with Crippen LogP contribution >= 0.6 is 11.6 Å². The first-order chi connectivity index (χ1) is 9.11. The van der Waals surface area contributed by atoms with Crippen molar-refractivity contribution in [3.8, 4) is 0 Å². The van der Waals surface area contributed by atoms with E-state index in [0.29, 0.717) is 0 Å². The van der Waals surface area contributed by atoms with Crippen LogP contribution in [0.5, 0.6) is 0 Å². The molecule has 0 heterocycles. The SMILES string of the molecule is COC(Cl)C(c1ccc(F)cc1)c1ccc(F)cc1. The van der Waals surface area contributed by atoms with Crippen molar-refractivity contribution in [1.29, 1.82) is 0 Å². The number of halogens is 3. The highest BCUT2D eigenvalue weighted by molar-refractivity contribution is 6.20. The second-order valence-electron chi connectivity index (χ2n) is 4.17. The van der Waals surface area contributed by atoms with E-state index in [4.69, 9.17) is 16.3 Å². The number of benzene rings is 2. The van der Waals surface area contributed by atoms with Crippen LogP contribution in [0.1, 0.15) is 17.0 Å². The Bertz CT molecular complexity index is 479. The van der Waals surface area contributed by atoms with Gasteiger partial charge in [0.2, 0.25) is 0 Å². The van der Waals surface area contributed by atoms with Crippen LogP contribution < -0.4 is 0 Å². The molecule has 0 bridgehead atoms. The fraction of sp³-hybridized carbons (Fsp3) is 0.200. The third-order valence-electron chi connectivity index (χ3n) is 2.95. The van der Waals surface area contributed by atoms with E-state index < -0.39 is 5.56 Å². The van der Waals surface area contributed by atoms with Gasteiger partial charge in [0.15, 0.2) is 0 Å². The zero-order valence-electron chi connectivity index (χ0n) is 10.3. The Morgan fingerprint density at radius 3 is 1.53 bits per heavy atom. The highest BCUT2D eigenvalue weighted by Gasteiger charge is 2.23. The van der Waals surface area contributed by atoms with Gasteiger partial charge in [-0.2, -0.15) is 0 Å². The minimum absolute atomic E-state index is 0.284. The molecule has 2 aromatic rings. The molecule has 1 atom stereocenters. The normalized spacial score (nSPS) is 12.7. The van der Waals surface area contributed by atoms with Crippen LogP contribution in [0.15, 0.2) is 48.5 Å². The smallest absolute Gasteiger partial charge is 0.141 e. The first-order valence-electron chi connectivity index (χ1n) is 5.79. The molecule has 0 N–H and O–H groups in total. The van der Waals surface area contributed by atoms with E-state index in [1.165, 1.54) is 31.4 Å². The highest BCUT2D eigenvalue weighted by atomic mass is 35.5. The van der Waals surface area contributed by atoms with Crippen LogP contribution in [0, 0.1) is 11.6 Å². The first kappa shape index (κ1) is 14.0. The van der Waals surface area contributed by atoms with Crippen LogP contribution in [0.25, 0.3) is 0 Å². The summed E-state index contributed by atoms with van der Waals surface area (Å²) in [5.41, 5.74) is 1.01. The van der Waals surface area contributed by atoms with E-state index in [1.54, 1.807) is 24.3 Å². The lowest BCUT2D eigenvalue weighted by molar-refractivity contribution is 0.154. The average Bonchev–Trinajstić information content (AvgIpc) is 2.43. The van der Waals surface area contributed by atoms with Crippen molar-refractivity contribution >= 4 is 11.6 Å². The summed E-state index contributed by atoms with van der Waals surface area (Å²) in [6, 6.07) is 12.1. The maximum absolute atomic E-state index is 13.0. The van der Waals surface area contributed by atoms with Crippen LogP contribution in [-0.4, -0.2) is 12.7 Å². The maximum Gasteiger partial charge on any atom is 0.141 e. The lowest BCUT2D eigenvalue weighted by atomic mass is 9.92. The second-order valence-corrected chi connectivity index (χ2v) is 4.60. The number of rotatable bonds is 4. The molecule has 0 radical (unpaired) electrons. The molecule has 0 saturated carbocycles. The fourth-order valence-corrected chi connectivity index (χ4v) is 2.26. The van der Waals surface area contributed by atoms with Crippen molar-refractivity contribution < 1.29 is 13.5 Å². The van der Waals surface area contributed by atoms with Crippen molar-refractivity contribution in [2.24, 2.45) is 0 Å². The van der Waals surface area contributed by atoms with Crippen molar-refractivity contribution in [2.75, 3.05) is 7.11 Å². The topological polar surface area (TPSA) is 9.23 Å². The van der Waals surface area contributed by atoms with Gasteiger partial charge < -0.3 is 4.74 Å². The molecule has 1 nitrogen and oxygen atoms in total. The largest absolute Gasteiger partial charge is 0.365 e. The van der Waals surface area contributed by atoms with Gasteiger partial charge in [0.25, 0.3) is 0 Å². The number of methoxy groups -OCH3 is 1. The Labute approximate surface area is 115 Å². The summed E-state index contributed by atoms with van der Waals surface area (Å²) in [7, 11) is 1.50. The summed E-state index contributed by atoms with van der Waals surface area (Å²) < 4.78 is 31.1. The van der Waals surface area contributed by atoms with Crippen molar-refractivity contribution in [2.45, 2.75) is 11.5 Å². The molecule has 19 heavy (non-hydrogen) atoms. The predicted octanol–water partition coefficient (Wildman–Crippen LogP) is 4.31. The number of alkyl halides is 1. The second kappa shape index (κ2) is 6.13. The third-order valence-corrected chi connectivity index (χ3v) is 3.38. The first-order valence-corrected chi connectivity index (χ1v) is 6.23. The van der Waals surface area contributed by atoms with Crippen molar-refractivity contribution in [3.63, 3.8) is 0 Å². The molecule has 0 amide bonds. The van der Waals surface area contributed by atoms with Crippen LogP contribution in [-0.2, 0) is 4.74 Å². The molecule has 0 aliphatic rings. The Hall–Kier alpha value is -1.45. The molecule has 4 heteroatoms. The van der Waals surface area contributed by atoms with Crippen LogP contribution in [0.4, 0.5) is 8.78 Å². The molecule has 0 aromatic heterocycles. The molecular formula is C15H13ClF2O. The molecule has 2 rings (SSSR count). The maximum atomic E-state index is 13.0. The molecular weight excluding hydrogens is 270 g/mol. The molecule has 0 aliphatic carbocycles. The molecule has 2 aromatic carbocycles. The van der Waals surface area contributed by atoms with Gasteiger partial charge in [-0.25, -0.2) is 8.78 Å². The predicted molar refractivity (Wildman–Crippen MR) is 71.3 cm³/mol. The highest BCUT2D eigenvalue weighted by Crippen LogP contribution is 2.31. The van der Waals surface area contributed by atoms with Gasteiger partial charge in [0.05, 0.1) is 0 Å². The van der Waals surface area contributed by atoms with Gasteiger partial charge in [-0.15, -0.1) is 0 Å². The zero-order chi connectivity index (χ0) is 13.8. The van der Waals surface area contributed by atoms with Gasteiger partial charge in [-0.3, -0.25) is 0 Å². The van der Waals surface area contributed by atoms with Gasteiger partial charge >= 0.3 is 0 Å². The van der Waals surface area contributed by atoms with Gasteiger partial charge in [-0.1, -0.05) is 35.9 Å². The van der Waals surface area contributed by atoms with E-state index in [2.05, 4.69) is 0 Å². The summed E-state index contributed by atoms with van der Waals surface area (Å²) >= 11 is 6.17. The third kappa shape index (κ3) is 3.31. The molecule has 0 saturated heterocycles. The summed E-state index contributed by atoms with van der Waals surface area (Å²) in [5.74, 6) is -0.914. The van der Waals surface area contributed by atoms with Gasteiger partial charge in [-0.05, 0) is 35.4 Å². The number of ether oxygens (including phenoxy) is 1. The van der Waals surface area contributed by atoms with Crippen LogP contribution in [0.2, 0.25) is 0 Å². The fourth-order valence-electron chi connectivity index (χ4n) is 1.97. The van der Waals surface area contributed by atoms with E-state index in [1.807, 2.05) is 0 Å². The Balaban J connectivity index is 2.41. The zero-order valence-corrected chi connectivity index (χ0v) is 11.1. The Morgan fingerprint density at radius 1 is 0.842 bits per heavy atom. The monoisotopic (exact) mass is 282 g/mol. The number of hydrogen-bond donors (Lipinski definition) is 0. The van der Waals surface area contributed by atoms with Gasteiger partial charge in [0, 0.05) is 13.0 Å². The Kier molecular flexibility index (Phi) is 4.51. The summed E-state index contributed by atoms with van der Waals surface area (Å²) in [4.78, 5) is 0. The minimum atomic E-state index is -0.615. The van der Waals surface area contributed by atoms with Crippen molar-refractivity contribution in [1.82, 2.24) is 0 Å². The molecule has 0 aliphatic heterocycles. The molecule has 0 fully saturated rings. The van der Waals surface area contributed by atoms with E-state index >= 15 is 0 Å². The molecule has 100 valence electrons. The Morgan fingerprint density at radius 2 is 1.21 bits per heavy atom. The van der Waals surface area contributed by atoms with Crippen LogP contribution in [0.3, 0.4) is 0 Å². The number of hydrogen-bond acceptors (Lipinski definition) is 1. The molecule has 0 spiro atoms. The quantitative estimate of drug-likeness (QED) is 0.760. The van der Waals surface area contributed by atoms with Gasteiger partial charge in [0.1, 0.15) is 17.2 Å². The molecule has 1 unspecified atom stereocenters.